The van der Waals surface area contributed by atoms with Crippen molar-refractivity contribution in [3.63, 3.8) is 0 Å². The van der Waals surface area contributed by atoms with E-state index in [4.69, 9.17) is 15.8 Å². The van der Waals surface area contributed by atoms with Crippen LogP contribution >= 0.6 is 8.30 Å². The van der Waals surface area contributed by atoms with Gasteiger partial charge in [-0.25, -0.2) is 11.4 Å². The zero-order valence-corrected chi connectivity index (χ0v) is 23.2. The number of hydrogen-bond donors (Lipinski definition) is 1. The molecular formula is C28H37N4O4P. The normalized spacial score (nSPS) is 20.1. The average molecular weight is 525 g/mol. The van der Waals surface area contributed by atoms with Crippen LogP contribution in [0.25, 0.3) is 4.85 Å². The lowest BCUT2D eigenvalue weighted by molar-refractivity contribution is -0.0178. The lowest BCUT2D eigenvalue weighted by atomic mass is 10.1. The van der Waals surface area contributed by atoms with Crippen LogP contribution in [0.15, 0.2) is 46.1 Å². The molecule has 1 fully saturated rings. The van der Waals surface area contributed by atoms with Crippen molar-refractivity contribution in [3.05, 3.63) is 79.9 Å². The van der Waals surface area contributed by atoms with E-state index in [9.17, 15) is 9.59 Å². The van der Waals surface area contributed by atoms with Crippen molar-refractivity contribution in [3.8, 4) is 11.8 Å². The molecule has 198 valence electrons. The highest BCUT2D eigenvalue weighted by atomic mass is 31.2. The Bertz CT molecular complexity index is 1230. The van der Waals surface area contributed by atoms with Crippen molar-refractivity contribution in [2.45, 2.75) is 84.4 Å². The molecule has 0 saturated carbocycles. The van der Waals surface area contributed by atoms with E-state index >= 15 is 0 Å². The van der Waals surface area contributed by atoms with Crippen LogP contribution in [0.4, 0.5) is 0 Å². The van der Waals surface area contributed by atoms with Gasteiger partial charge >= 0.3 is 5.69 Å². The Hall–Kier alpha value is -2.74. The summed E-state index contributed by atoms with van der Waals surface area (Å²) in [5, 5.41) is 0. The Balaban J connectivity index is 1.85. The largest absolute Gasteiger partial charge is 0.352 e. The molecule has 4 atom stereocenters. The van der Waals surface area contributed by atoms with Crippen molar-refractivity contribution in [2.75, 3.05) is 12.7 Å². The van der Waals surface area contributed by atoms with Crippen LogP contribution in [0.2, 0.25) is 0 Å². The molecular weight excluding hydrogens is 487 g/mol. The van der Waals surface area contributed by atoms with Crippen LogP contribution < -0.4 is 11.2 Å². The Morgan fingerprint density at radius 3 is 2.54 bits per heavy atom. The van der Waals surface area contributed by atoms with Crippen LogP contribution in [0.1, 0.15) is 71.2 Å². The molecule has 1 saturated heterocycles. The monoisotopic (exact) mass is 524 g/mol. The summed E-state index contributed by atoms with van der Waals surface area (Å²) in [6.45, 7) is 18.3. The van der Waals surface area contributed by atoms with Gasteiger partial charge in [-0.2, -0.15) is 0 Å². The van der Waals surface area contributed by atoms with E-state index in [0.717, 1.165) is 24.6 Å². The van der Waals surface area contributed by atoms with Crippen molar-refractivity contribution >= 4 is 8.30 Å². The van der Waals surface area contributed by atoms with Gasteiger partial charge in [0.25, 0.3) is 5.56 Å². The molecule has 1 aliphatic rings. The van der Waals surface area contributed by atoms with E-state index < -0.39 is 25.8 Å². The number of hydrogen-bond acceptors (Lipinski definition) is 5. The van der Waals surface area contributed by atoms with Crippen molar-refractivity contribution < 1.29 is 9.26 Å². The van der Waals surface area contributed by atoms with E-state index in [-0.39, 0.29) is 17.8 Å². The van der Waals surface area contributed by atoms with Crippen molar-refractivity contribution in [2.24, 2.45) is 0 Å². The number of aromatic amines is 1. The average Bonchev–Trinajstić information content (AvgIpc) is 3.26. The molecule has 37 heavy (non-hydrogen) atoms. The first kappa shape index (κ1) is 28.8. The molecule has 8 nitrogen and oxygen atoms in total. The maximum absolute atomic E-state index is 12.7. The third-order valence-electron chi connectivity index (χ3n) is 6.17. The van der Waals surface area contributed by atoms with Crippen molar-refractivity contribution in [1.82, 2.24) is 14.2 Å². The summed E-state index contributed by atoms with van der Waals surface area (Å²) >= 11 is 0. The number of H-pyrrole nitrogens is 1. The van der Waals surface area contributed by atoms with Gasteiger partial charge in [0.05, 0.1) is 12.2 Å². The van der Waals surface area contributed by atoms with E-state index in [2.05, 4.69) is 54.0 Å². The second-order valence-electron chi connectivity index (χ2n) is 9.62. The van der Waals surface area contributed by atoms with Gasteiger partial charge in [0.2, 0.25) is 6.54 Å². The zero-order valence-electron chi connectivity index (χ0n) is 22.3. The number of rotatable bonds is 10. The van der Waals surface area contributed by atoms with Gasteiger partial charge in [-0.05, 0) is 46.2 Å². The second-order valence-corrected chi connectivity index (χ2v) is 11.4. The lowest BCUT2D eigenvalue weighted by Gasteiger charge is -2.38. The Morgan fingerprint density at radius 1 is 1.22 bits per heavy atom. The highest BCUT2D eigenvalue weighted by molar-refractivity contribution is 7.50. The fraction of sp³-hybridized carbons (Fsp3) is 0.536. The summed E-state index contributed by atoms with van der Waals surface area (Å²) in [5.74, 6) is 5.87. The number of aromatic nitrogens is 2. The van der Waals surface area contributed by atoms with Gasteiger partial charge in [-0.1, -0.05) is 37.0 Å². The van der Waals surface area contributed by atoms with E-state index in [1.807, 2.05) is 37.3 Å². The van der Waals surface area contributed by atoms with Crippen LogP contribution in [0.5, 0.6) is 0 Å². The molecule has 1 N–H and O–H groups in total. The predicted molar refractivity (Wildman–Crippen MR) is 147 cm³/mol. The van der Waals surface area contributed by atoms with E-state index in [1.54, 1.807) is 0 Å². The Kier molecular flexibility index (Phi) is 10.7. The number of ether oxygens (including phenoxy) is 1. The first-order valence-corrected chi connectivity index (χ1v) is 14.3. The minimum absolute atomic E-state index is 0.185. The molecule has 1 aromatic carbocycles. The van der Waals surface area contributed by atoms with Gasteiger partial charge in [0.15, 0.2) is 0 Å². The molecule has 2 heterocycles. The Morgan fingerprint density at radius 2 is 1.92 bits per heavy atom. The minimum atomic E-state index is -0.954. The van der Waals surface area contributed by atoms with Crippen LogP contribution in [0, 0.1) is 18.4 Å². The third kappa shape index (κ3) is 7.63. The van der Waals surface area contributed by atoms with Crippen LogP contribution in [-0.2, 0) is 9.26 Å². The molecule has 2 unspecified atom stereocenters. The SMILES string of the molecule is [C-]#[N+]CCCP(OC1C[C@H](n2cc(C#Cc3ccccc3)c(=O)[nH]c2=O)O[C@@H]1CC)N(C(C)C)C(C)C. The third-order valence-corrected chi connectivity index (χ3v) is 8.82. The summed E-state index contributed by atoms with van der Waals surface area (Å²) in [4.78, 5) is 31.1. The maximum Gasteiger partial charge on any atom is 0.330 e. The first-order valence-electron chi connectivity index (χ1n) is 12.9. The Labute approximate surface area is 220 Å². The summed E-state index contributed by atoms with van der Waals surface area (Å²) in [6.07, 6.45) is 3.34. The zero-order chi connectivity index (χ0) is 26.9. The summed E-state index contributed by atoms with van der Waals surface area (Å²) < 4.78 is 16.8. The predicted octanol–water partition coefficient (Wildman–Crippen LogP) is 4.76. The molecule has 3 rings (SSSR count). The van der Waals surface area contributed by atoms with Gasteiger partial charge in [-0.15, -0.1) is 0 Å². The highest BCUT2D eigenvalue weighted by Crippen LogP contribution is 2.49. The molecule has 0 bridgehead atoms. The fourth-order valence-corrected chi connectivity index (χ4v) is 6.99. The van der Waals surface area contributed by atoms with Gasteiger partial charge < -0.3 is 14.1 Å². The van der Waals surface area contributed by atoms with Crippen LogP contribution in [0.3, 0.4) is 0 Å². The van der Waals surface area contributed by atoms with E-state index in [0.29, 0.717) is 25.0 Å². The molecule has 0 aliphatic carbocycles. The van der Waals surface area contributed by atoms with Gasteiger partial charge in [0.1, 0.15) is 20.1 Å². The van der Waals surface area contributed by atoms with Crippen molar-refractivity contribution in [1.29, 1.82) is 0 Å². The lowest BCUT2D eigenvalue weighted by Crippen LogP contribution is -2.36. The maximum atomic E-state index is 12.7. The highest BCUT2D eigenvalue weighted by Gasteiger charge is 2.39. The molecule has 1 aliphatic heterocycles. The van der Waals surface area contributed by atoms with Crippen LogP contribution in [-0.4, -0.2) is 51.2 Å². The molecule has 0 radical (unpaired) electrons. The fourth-order valence-electron chi connectivity index (χ4n) is 4.57. The molecule has 2 aromatic rings. The number of nitrogens with one attached hydrogen (secondary N) is 1. The number of benzene rings is 1. The summed E-state index contributed by atoms with van der Waals surface area (Å²) in [7, 11) is -0.954. The van der Waals surface area contributed by atoms with Gasteiger partial charge in [0, 0.05) is 42.8 Å². The standard InChI is InChI=1S/C28H37N4O4P/c1-7-24-25(36-37(17-11-16-29-6)32(20(2)3)21(4)5)18-26(35-24)31-19-23(27(33)30-28(31)34)15-14-22-12-9-8-10-13-22/h8-10,12-13,19-21,24-26H,7,11,16-18H2,1-5H3,(H,30,33,34)/t24-,25?,26-,37?/m1/s1. The minimum Gasteiger partial charge on any atom is -0.352 e. The quantitative estimate of drug-likeness (QED) is 0.210. The second kappa shape index (κ2) is 13.7. The molecule has 1 aromatic heterocycles. The molecule has 0 spiro atoms. The van der Waals surface area contributed by atoms with E-state index in [1.165, 1.54) is 10.8 Å². The molecule has 9 heteroatoms. The van der Waals surface area contributed by atoms with Gasteiger partial charge in [-0.3, -0.25) is 19.0 Å². The summed E-state index contributed by atoms with van der Waals surface area (Å²) in [5.41, 5.74) is -0.0594. The molecule has 0 amide bonds. The number of nitrogens with zero attached hydrogens (tertiary/aromatic N) is 3. The summed E-state index contributed by atoms with van der Waals surface area (Å²) in [6, 6.07) is 9.97. The topological polar surface area (TPSA) is 80.9 Å². The smallest absolute Gasteiger partial charge is 0.330 e. The first-order chi connectivity index (χ1) is 17.7.